The maximum Gasteiger partial charge on any atom is 0.345 e. The van der Waals surface area contributed by atoms with Gasteiger partial charge in [-0.3, -0.25) is 4.79 Å². The van der Waals surface area contributed by atoms with Crippen LogP contribution in [0.15, 0.2) is 45.7 Å². The third-order valence-electron chi connectivity index (χ3n) is 5.01. The fourth-order valence-corrected chi connectivity index (χ4v) is 3.63. The molecule has 0 unspecified atom stereocenters. The Balaban J connectivity index is 1.56. The maximum atomic E-state index is 13.1. The van der Waals surface area contributed by atoms with Gasteiger partial charge in [-0.15, -0.1) is 0 Å². The Hall–Kier alpha value is -3.29. The van der Waals surface area contributed by atoms with Crippen LogP contribution < -0.4 is 5.69 Å². The Bertz CT molecular complexity index is 1070. The van der Waals surface area contributed by atoms with Crippen molar-refractivity contribution in [2.24, 2.45) is 0 Å². The zero-order chi connectivity index (χ0) is 20.4. The number of amides is 1. The molecule has 1 saturated heterocycles. The first-order valence-corrected chi connectivity index (χ1v) is 9.57. The molecule has 1 aliphatic heterocycles. The van der Waals surface area contributed by atoms with Gasteiger partial charge in [0.05, 0.1) is 6.20 Å². The summed E-state index contributed by atoms with van der Waals surface area (Å²) in [7, 11) is 0. The van der Waals surface area contributed by atoms with Gasteiger partial charge >= 0.3 is 5.69 Å². The van der Waals surface area contributed by atoms with E-state index < -0.39 is 5.69 Å². The third-order valence-corrected chi connectivity index (χ3v) is 5.01. The Morgan fingerprint density at radius 2 is 2.10 bits per heavy atom. The van der Waals surface area contributed by atoms with Crippen molar-refractivity contribution in [3.05, 3.63) is 81.4 Å². The number of aryl methyl sites for hydroxylation is 1. The number of aromatic nitrogens is 3. The van der Waals surface area contributed by atoms with Gasteiger partial charge in [0, 0.05) is 18.7 Å². The number of halogens is 1. The lowest BCUT2D eigenvalue weighted by atomic mass is 10.0. The summed E-state index contributed by atoms with van der Waals surface area (Å²) in [4.78, 5) is 37.1. The van der Waals surface area contributed by atoms with E-state index in [0.29, 0.717) is 30.3 Å². The first kappa shape index (κ1) is 19.0. The molecule has 1 fully saturated rings. The minimum absolute atomic E-state index is 0.122. The zero-order valence-corrected chi connectivity index (χ0v) is 16.0. The van der Waals surface area contributed by atoms with Crippen LogP contribution in [0.25, 0.3) is 0 Å². The molecule has 1 aromatic carbocycles. The lowest BCUT2D eigenvalue weighted by molar-refractivity contribution is 0.0563. The lowest BCUT2D eigenvalue weighted by Gasteiger charge is -2.33. The number of H-pyrrole nitrogens is 1. The van der Waals surface area contributed by atoms with Crippen molar-refractivity contribution in [3.8, 4) is 0 Å². The zero-order valence-electron chi connectivity index (χ0n) is 16.0. The predicted octanol–water partition coefficient (Wildman–Crippen LogP) is 3.16. The van der Waals surface area contributed by atoms with E-state index in [1.54, 1.807) is 36.2 Å². The van der Waals surface area contributed by atoms with Crippen LogP contribution in [0.3, 0.4) is 0 Å². The average molecular weight is 396 g/mol. The molecule has 150 valence electrons. The third kappa shape index (κ3) is 4.26. The topological polar surface area (TPSA) is 92.1 Å². The summed E-state index contributed by atoms with van der Waals surface area (Å²) in [6.45, 7) is 2.26. The summed E-state index contributed by atoms with van der Waals surface area (Å²) in [5, 5.41) is 0. The second-order valence-electron chi connectivity index (χ2n) is 7.23. The molecule has 4 rings (SSSR count). The van der Waals surface area contributed by atoms with Crippen LogP contribution in [0.2, 0.25) is 0 Å². The molecule has 0 radical (unpaired) electrons. The van der Waals surface area contributed by atoms with Crippen LogP contribution in [-0.4, -0.2) is 32.3 Å². The Morgan fingerprint density at radius 3 is 2.86 bits per heavy atom. The highest BCUT2D eigenvalue weighted by Crippen LogP contribution is 2.32. The number of oxazole rings is 1. The number of aromatic amines is 1. The van der Waals surface area contributed by atoms with Gasteiger partial charge in [-0.2, -0.15) is 4.98 Å². The van der Waals surface area contributed by atoms with E-state index in [1.165, 1.54) is 12.1 Å². The van der Waals surface area contributed by atoms with Crippen LogP contribution in [0, 0.1) is 12.7 Å². The normalized spacial score (nSPS) is 16.8. The molecule has 3 aromatic rings. The number of hydrogen-bond acceptors (Lipinski definition) is 5. The summed E-state index contributed by atoms with van der Waals surface area (Å²) in [6.07, 6.45) is 4.68. The summed E-state index contributed by atoms with van der Waals surface area (Å²) < 4.78 is 19.0. The van der Waals surface area contributed by atoms with Gasteiger partial charge in [-0.25, -0.2) is 14.2 Å². The van der Waals surface area contributed by atoms with E-state index in [-0.39, 0.29) is 23.5 Å². The van der Waals surface area contributed by atoms with Crippen LogP contribution in [0.1, 0.15) is 58.7 Å². The van der Waals surface area contributed by atoms with Crippen LogP contribution in [0.4, 0.5) is 4.39 Å². The fraction of sp³-hybridized carbons (Fsp3) is 0.333. The molecule has 1 amide bonds. The lowest BCUT2D eigenvalue weighted by Crippen LogP contribution is -2.39. The molecule has 1 aliphatic rings. The number of likely N-dealkylation sites (tertiary alicyclic amines) is 1. The van der Waals surface area contributed by atoms with Gasteiger partial charge in [-0.05, 0) is 49.9 Å². The smallest absolute Gasteiger partial charge is 0.345 e. The van der Waals surface area contributed by atoms with E-state index in [4.69, 9.17) is 4.42 Å². The minimum Gasteiger partial charge on any atom is -0.443 e. The second-order valence-corrected chi connectivity index (χ2v) is 7.23. The van der Waals surface area contributed by atoms with E-state index in [1.807, 2.05) is 0 Å². The van der Waals surface area contributed by atoms with E-state index >= 15 is 0 Å². The number of piperidine rings is 1. The number of benzene rings is 1. The molecule has 29 heavy (non-hydrogen) atoms. The van der Waals surface area contributed by atoms with Crippen LogP contribution in [-0.2, 0) is 6.42 Å². The molecule has 2 aromatic heterocycles. The summed E-state index contributed by atoms with van der Waals surface area (Å²) in [5.74, 6) is 0.528. The van der Waals surface area contributed by atoms with Crippen molar-refractivity contribution in [3.63, 3.8) is 0 Å². The number of nitrogens with one attached hydrogen (secondary N) is 1. The van der Waals surface area contributed by atoms with Gasteiger partial charge < -0.3 is 14.3 Å². The Kier molecular flexibility index (Phi) is 5.24. The molecule has 8 heteroatoms. The van der Waals surface area contributed by atoms with Crippen molar-refractivity contribution in [2.45, 2.75) is 38.6 Å². The maximum absolute atomic E-state index is 13.1. The largest absolute Gasteiger partial charge is 0.443 e. The van der Waals surface area contributed by atoms with Gasteiger partial charge in [0.1, 0.15) is 23.3 Å². The molecule has 0 aliphatic carbocycles. The minimum atomic E-state index is -0.542. The number of nitrogens with zero attached hydrogens (tertiary/aromatic N) is 3. The van der Waals surface area contributed by atoms with Crippen LogP contribution >= 0.6 is 0 Å². The summed E-state index contributed by atoms with van der Waals surface area (Å²) in [5.41, 5.74) is 1.07. The SMILES string of the molecule is Cc1cc(C(=O)N2CCCC[C@@H]2c2ncc(Cc3ccc(F)cc3)o2)nc(=O)[nH]1. The average Bonchev–Trinajstić information content (AvgIpc) is 3.17. The molecule has 3 heterocycles. The summed E-state index contributed by atoms with van der Waals surface area (Å²) >= 11 is 0. The molecular formula is C21H21FN4O3. The molecule has 7 nitrogen and oxygen atoms in total. The summed E-state index contributed by atoms with van der Waals surface area (Å²) in [6, 6.07) is 7.49. The molecule has 0 saturated carbocycles. The number of carbonyl (C=O) groups excluding carboxylic acids is 1. The second kappa shape index (κ2) is 7.98. The number of carbonyl (C=O) groups is 1. The monoisotopic (exact) mass is 396 g/mol. The fourth-order valence-electron chi connectivity index (χ4n) is 3.63. The quantitative estimate of drug-likeness (QED) is 0.731. The predicted molar refractivity (Wildman–Crippen MR) is 103 cm³/mol. The van der Waals surface area contributed by atoms with Gasteiger partial charge in [0.25, 0.3) is 5.91 Å². The van der Waals surface area contributed by atoms with Crippen molar-refractivity contribution in [1.82, 2.24) is 19.9 Å². The van der Waals surface area contributed by atoms with E-state index in [0.717, 1.165) is 24.8 Å². The molecule has 1 atom stereocenters. The first-order chi connectivity index (χ1) is 14.0. The Morgan fingerprint density at radius 1 is 1.31 bits per heavy atom. The Labute approximate surface area is 166 Å². The first-order valence-electron chi connectivity index (χ1n) is 9.57. The van der Waals surface area contributed by atoms with Crippen molar-refractivity contribution in [1.29, 1.82) is 0 Å². The highest BCUT2D eigenvalue weighted by molar-refractivity contribution is 5.92. The van der Waals surface area contributed by atoms with E-state index in [2.05, 4.69) is 15.0 Å². The molecule has 1 N–H and O–H groups in total. The standard InChI is InChI=1S/C21H21FN4O3/c1-13-10-17(25-21(28)24-13)20(27)26-9-3-2-4-18(26)19-23-12-16(29-19)11-14-5-7-15(22)8-6-14/h5-8,10,12,18H,2-4,9,11H2,1H3,(H,24,25,28)/t18-/m1/s1. The van der Waals surface area contributed by atoms with Crippen molar-refractivity contribution < 1.29 is 13.6 Å². The van der Waals surface area contributed by atoms with Gasteiger partial charge in [-0.1, -0.05) is 12.1 Å². The van der Waals surface area contributed by atoms with Gasteiger partial charge in [0.2, 0.25) is 5.89 Å². The molecular weight excluding hydrogens is 375 g/mol. The van der Waals surface area contributed by atoms with Crippen molar-refractivity contribution >= 4 is 5.91 Å². The van der Waals surface area contributed by atoms with E-state index in [9.17, 15) is 14.0 Å². The van der Waals surface area contributed by atoms with Gasteiger partial charge in [0.15, 0.2) is 0 Å². The molecule has 0 spiro atoms. The highest BCUT2D eigenvalue weighted by Gasteiger charge is 2.32. The number of rotatable bonds is 4. The highest BCUT2D eigenvalue weighted by atomic mass is 19.1. The van der Waals surface area contributed by atoms with Crippen LogP contribution in [0.5, 0.6) is 0 Å². The molecule has 0 bridgehead atoms. The number of hydrogen-bond donors (Lipinski definition) is 1. The van der Waals surface area contributed by atoms with Crippen molar-refractivity contribution in [2.75, 3.05) is 6.54 Å².